The number of methoxy groups -OCH3 is 1. The number of carbonyl (C=O) groups is 2. The average molecular weight is 306 g/mol. The summed E-state index contributed by atoms with van der Waals surface area (Å²) in [5.41, 5.74) is 4.94. The van der Waals surface area contributed by atoms with Crippen molar-refractivity contribution in [2.75, 3.05) is 38.2 Å². The van der Waals surface area contributed by atoms with Gasteiger partial charge in [0.05, 0.1) is 24.5 Å². The largest absolute Gasteiger partial charge is 0.469 e. The van der Waals surface area contributed by atoms with Gasteiger partial charge in [0.1, 0.15) is 0 Å². The van der Waals surface area contributed by atoms with E-state index in [9.17, 15) is 18.0 Å². The molecule has 1 saturated heterocycles. The zero-order valence-electron chi connectivity index (χ0n) is 11.9. The number of likely N-dealkylation sites (tertiary alicyclic amines) is 1. The zero-order valence-corrected chi connectivity index (χ0v) is 12.7. The van der Waals surface area contributed by atoms with Gasteiger partial charge in [-0.25, -0.2) is 8.42 Å². The van der Waals surface area contributed by atoms with E-state index in [2.05, 4.69) is 0 Å². The summed E-state index contributed by atoms with van der Waals surface area (Å²) in [5, 5.41) is 0. The van der Waals surface area contributed by atoms with Crippen LogP contribution in [0.3, 0.4) is 0 Å². The molecule has 2 N–H and O–H groups in total. The van der Waals surface area contributed by atoms with Gasteiger partial charge in [-0.1, -0.05) is 6.92 Å². The second-order valence-corrected chi connectivity index (χ2v) is 7.54. The molecule has 2 unspecified atom stereocenters. The van der Waals surface area contributed by atoms with Crippen LogP contribution in [0.25, 0.3) is 0 Å². The van der Waals surface area contributed by atoms with Crippen LogP contribution in [0.4, 0.5) is 0 Å². The van der Waals surface area contributed by atoms with Crippen LogP contribution in [-0.2, 0) is 24.2 Å². The van der Waals surface area contributed by atoms with Crippen LogP contribution in [0.2, 0.25) is 0 Å². The Morgan fingerprint density at radius 1 is 1.30 bits per heavy atom. The first kappa shape index (κ1) is 16.9. The maximum Gasteiger partial charge on any atom is 0.310 e. The normalized spacial score (nSPS) is 23.7. The Bertz CT molecular complexity index is 462. The van der Waals surface area contributed by atoms with Gasteiger partial charge in [-0.05, 0) is 5.92 Å². The number of hydrogen-bond donors (Lipinski definition) is 1. The number of carbonyl (C=O) groups excluding carboxylic acids is 2. The Morgan fingerprint density at radius 3 is 2.50 bits per heavy atom. The Labute approximate surface area is 119 Å². The Balaban J connectivity index is 2.43. The molecule has 7 nitrogen and oxygen atoms in total. The standard InChI is InChI=1S/C12H22N2O5S/c1-9-7-14(8-10(9)12(16)19-2)4-6-20(17,18)5-3-11(13)15/h9-10H,3-8H2,1-2H3,(H2,13,15). The van der Waals surface area contributed by atoms with E-state index in [1.54, 1.807) is 0 Å². The van der Waals surface area contributed by atoms with E-state index in [0.29, 0.717) is 19.6 Å². The predicted octanol–water partition coefficient (Wildman–Crippen LogP) is -0.982. The van der Waals surface area contributed by atoms with Crippen molar-refractivity contribution in [3.8, 4) is 0 Å². The molecule has 0 spiro atoms. The van der Waals surface area contributed by atoms with E-state index in [-0.39, 0.29) is 35.7 Å². The van der Waals surface area contributed by atoms with Crippen LogP contribution < -0.4 is 5.73 Å². The van der Waals surface area contributed by atoms with Crippen molar-refractivity contribution < 1.29 is 22.7 Å². The molecule has 1 heterocycles. The Hall–Kier alpha value is -1.15. The predicted molar refractivity (Wildman–Crippen MR) is 73.6 cm³/mol. The Morgan fingerprint density at radius 2 is 1.95 bits per heavy atom. The van der Waals surface area contributed by atoms with Gasteiger partial charge in [-0.3, -0.25) is 9.59 Å². The molecule has 116 valence electrons. The van der Waals surface area contributed by atoms with Gasteiger partial charge < -0.3 is 15.4 Å². The number of amides is 1. The molecule has 0 aromatic rings. The average Bonchev–Trinajstić information content (AvgIpc) is 2.75. The first-order valence-corrected chi connectivity index (χ1v) is 8.36. The monoisotopic (exact) mass is 306 g/mol. The maximum absolute atomic E-state index is 11.7. The summed E-state index contributed by atoms with van der Waals surface area (Å²) >= 11 is 0. The fraction of sp³-hybridized carbons (Fsp3) is 0.833. The molecule has 0 aromatic carbocycles. The van der Waals surface area contributed by atoms with Crippen molar-refractivity contribution in [2.24, 2.45) is 17.6 Å². The number of primary amides is 1. The Kier molecular flexibility index (Phi) is 5.94. The number of hydrogen-bond acceptors (Lipinski definition) is 6. The molecule has 1 aliphatic rings. The number of ether oxygens (including phenoxy) is 1. The molecular formula is C12H22N2O5S. The molecular weight excluding hydrogens is 284 g/mol. The summed E-state index contributed by atoms with van der Waals surface area (Å²) in [6.07, 6.45) is -0.149. The molecule has 0 radical (unpaired) electrons. The molecule has 1 fully saturated rings. The quantitative estimate of drug-likeness (QED) is 0.606. The second-order valence-electron chi connectivity index (χ2n) is 5.23. The summed E-state index contributed by atoms with van der Waals surface area (Å²) in [6, 6.07) is 0. The number of rotatable bonds is 7. The number of nitrogens with two attached hydrogens (primary N) is 1. The highest BCUT2D eigenvalue weighted by Gasteiger charge is 2.35. The molecule has 0 bridgehead atoms. The molecule has 0 saturated carbocycles. The highest BCUT2D eigenvalue weighted by molar-refractivity contribution is 7.91. The van der Waals surface area contributed by atoms with Gasteiger partial charge in [0, 0.05) is 26.1 Å². The zero-order chi connectivity index (χ0) is 15.3. The summed E-state index contributed by atoms with van der Waals surface area (Å²) in [7, 11) is -1.93. The molecule has 0 aliphatic carbocycles. The third-order valence-electron chi connectivity index (χ3n) is 3.57. The lowest BCUT2D eigenvalue weighted by Gasteiger charge is -2.15. The first-order valence-electron chi connectivity index (χ1n) is 6.54. The van der Waals surface area contributed by atoms with Crippen LogP contribution in [-0.4, -0.2) is 63.4 Å². The van der Waals surface area contributed by atoms with Gasteiger partial charge in [0.25, 0.3) is 0 Å². The topological polar surface area (TPSA) is 107 Å². The number of nitrogens with zero attached hydrogens (tertiary/aromatic N) is 1. The molecule has 8 heteroatoms. The van der Waals surface area contributed by atoms with E-state index < -0.39 is 15.7 Å². The van der Waals surface area contributed by atoms with E-state index >= 15 is 0 Å². The van der Waals surface area contributed by atoms with E-state index in [1.807, 2.05) is 11.8 Å². The smallest absolute Gasteiger partial charge is 0.310 e. The fourth-order valence-electron chi connectivity index (χ4n) is 2.33. The molecule has 1 rings (SSSR count). The van der Waals surface area contributed by atoms with Crippen molar-refractivity contribution in [3.63, 3.8) is 0 Å². The van der Waals surface area contributed by atoms with Crippen LogP contribution in [0.5, 0.6) is 0 Å². The molecule has 20 heavy (non-hydrogen) atoms. The maximum atomic E-state index is 11.7. The van der Waals surface area contributed by atoms with Gasteiger partial charge in [0.15, 0.2) is 9.84 Å². The van der Waals surface area contributed by atoms with Crippen molar-refractivity contribution in [2.45, 2.75) is 13.3 Å². The molecule has 1 amide bonds. The lowest BCUT2D eigenvalue weighted by molar-refractivity contribution is -0.146. The van der Waals surface area contributed by atoms with Crippen molar-refractivity contribution >= 4 is 21.7 Å². The van der Waals surface area contributed by atoms with Crippen LogP contribution in [0.1, 0.15) is 13.3 Å². The first-order chi connectivity index (χ1) is 9.25. The van der Waals surface area contributed by atoms with Crippen molar-refractivity contribution in [3.05, 3.63) is 0 Å². The van der Waals surface area contributed by atoms with Crippen LogP contribution in [0.15, 0.2) is 0 Å². The lowest BCUT2D eigenvalue weighted by atomic mass is 9.99. The third kappa shape index (κ3) is 5.09. The second kappa shape index (κ2) is 7.03. The molecule has 0 aromatic heterocycles. The summed E-state index contributed by atoms with van der Waals surface area (Å²) in [6.45, 7) is 3.49. The summed E-state index contributed by atoms with van der Waals surface area (Å²) < 4.78 is 28.2. The minimum Gasteiger partial charge on any atom is -0.469 e. The number of esters is 1. The van der Waals surface area contributed by atoms with Gasteiger partial charge in [-0.15, -0.1) is 0 Å². The summed E-state index contributed by atoms with van der Waals surface area (Å²) in [4.78, 5) is 24.1. The van der Waals surface area contributed by atoms with E-state index in [4.69, 9.17) is 10.5 Å². The minimum absolute atomic E-state index is 0.0269. The minimum atomic E-state index is -3.28. The molecule has 2 atom stereocenters. The van der Waals surface area contributed by atoms with Gasteiger partial charge >= 0.3 is 5.97 Å². The van der Waals surface area contributed by atoms with Crippen molar-refractivity contribution in [1.29, 1.82) is 0 Å². The number of sulfone groups is 1. The highest BCUT2D eigenvalue weighted by Crippen LogP contribution is 2.23. The van der Waals surface area contributed by atoms with Gasteiger partial charge in [-0.2, -0.15) is 0 Å². The highest BCUT2D eigenvalue weighted by atomic mass is 32.2. The summed E-state index contributed by atoms with van der Waals surface area (Å²) in [5.74, 6) is -1.16. The fourth-order valence-corrected chi connectivity index (χ4v) is 3.59. The van der Waals surface area contributed by atoms with E-state index in [1.165, 1.54) is 7.11 Å². The van der Waals surface area contributed by atoms with Crippen LogP contribution >= 0.6 is 0 Å². The third-order valence-corrected chi connectivity index (χ3v) is 5.20. The lowest BCUT2D eigenvalue weighted by Crippen LogP contribution is -2.30. The van der Waals surface area contributed by atoms with Crippen molar-refractivity contribution in [1.82, 2.24) is 4.90 Å². The SMILES string of the molecule is COC(=O)C1CN(CCS(=O)(=O)CCC(N)=O)CC1C. The van der Waals surface area contributed by atoms with Crippen LogP contribution in [0, 0.1) is 11.8 Å². The van der Waals surface area contributed by atoms with E-state index in [0.717, 1.165) is 0 Å². The molecule has 1 aliphatic heterocycles. The van der Waals surface area contributed by atoms with Gasteiger partial charge in [0.2, 0.25) is 5.91 Å².